The quantitative estimate of drug-likeness (QED) is 0.263. The van der Waals surface area contributed by atoms with E-state index in [-0.39, 0.29) is 24.0 Å². The summed E-state index contributed by atoms with van der Waals surface area (Å²) >= 11 is 0. The average molecular weight is 598 g/mol. The van der Waals surface area contributed by atoms with Crippen molar-refractivity contribution in [3.63, 3.8) is 0 Å². The van der Waals surface area contributed by atoms with E-state index in [2.05, 4.69) is 9.88 Å². The molecule has 10 nitrogen and oxygen atoms in total. The molecule has 0 saturated carbocycles. The molecule has 0 saturated heterocycles. The number of aliphatic hydroxyl groups excluding tert-OH is 1. The summed E-state index contributed by atoms with van der Waals surface area (Å²) in [5.74, 6) is -0.0665. The predicted octanol–water partition coefficient (Wildman–Crippen LogP) is 3.69. The third-order valence-corrected chi connectivity index (χ3v) is 8.14. The molecule has 0 spiro atoms. The molecule has 230 valence electrons. The van der Waals surface area contributed by atoms with Gasteiger partial charge in [0.25, 0.3) is 5.56 Å². The summed E-state index contributed by atoms with van der Waals surface area (Å²) in [6, 6.07) is 18.6. The third-order valence-electron chi connectivity index (χ3n) is 8.14. The van der Waals surface area contributed by atoms with E-state index in [0.29, 0.717) is 55.2 Å². The maximum atomic E-state index is 13.2. The highest BCUT2D eigenvalue weighted by atomic mass is 16.5. The van der Waals surface area contributed by atoms with E-state index in [1.54, 1.807) is 61.0 Å². The summed E-state index contributed by atoms with van der Waals surface area (Å²) in [5, 5.41) is 12.6. The Labute approximate surface area is 257 Å². The van der Waals surface area contributed by atoms with Crippen LogP contribution < -0.4 is 20.1 Å². The van der Waals surface area contributed by atoms with Crippen LogP contribution in [0.2, 0.25) is 0 Å². The summed E-state index contributed by atoms with van der Waals surface area (Å²) in [7, 11) is 1.66. The largest absolute Gasteiger partial charge is 0.491 e. The molecular formula is C34H39N5O5. The Morgan fingerprint density at radius 2 is 1.73 bits per heavy atom. The zero-order chi connectivity index (χ0) is 31.4. The minimum atomic E-state index is -1.20. The molecule has 10 heteroatoms. The fourth-order valence-electron chi connectivity index (χ4n) is 5.65. The summed E-state index contributed by atoms with van der Waals surface area (Å²) in [4.78, 5) is 48.7. The monoisotopic (exact) mass is 597 g/mol. The number of anilines is 2. The summed E-state index contributed by atoms with van der Waals surface area (Å²) in [6.45, 7) is 7.45. The average Bonchev–Trinajstić information content (AvgIpc) is 3.08. The van der Waals surface area contributed by atoms with Crippen LogP contribution in [0.15, 0.2) is 84.0 Å². The number of fused-ring (bicyclic) bond motifs is 2. The zero-order valence-corrected chi connectivity index (χ0v) is 25.6. The zero-order valence-electron chi connectivity index (χ0n) is 25.6. The molecule has 0 fully saturated rings. The van der Waals surface area contributed by atoms with Crippen LogP contribution >= 0.6 is 0 Å². The molecule has 2 aromatic heterocycles. The van der Waals surface area contributed by atoms with Gasteiger partial charge in [-0.2, -0.15) is 0 Å². The summed E-state index contributed by atoms with van der Waals surface area (Å²) < 4.78 is 7.70. The molecule has 44 heavy (non-hydrogen) atoms. The number of hydrogen-bond acceptors (Lipinski definition) is 7. The number of amides is 2. The van der Waals surface area contributed by atoms with Gasteiger partial charge < -0.3 is 24.2 Å². The van der Waals surface area contributed by atoms with Gasteiger partial charge >= 0.3 is 0 Å². The minimum Gasteiger partial charge on any atom is -0.491 e. The number of aliphatic hydroxyl groups is 1. The van der Waals surface area contributed by atoms with Crippen molar-refractivity contribution < 1.29 is 19.4 Å². The van der Waals surface area contributed by atoms with Gasteiger partial charge in [-0.1, -0.05) is 18.2 Å². The van der Waals surface area contributed by atoms with Crippen LogP contribution in [0.3, 0.4) is 0 Å². The lowest BCUT2D eigenvalue weighted by Gasteiger charge is -2.27. The van der Waals surface area contributed by atoms with Crippen molar-refractivity contribution in [2.45, 2.75) is 40.0 Å². The smallest absolute Gasteiger partial charge is 0.258 e. The second-order valence-electron chi connectivity index (χ2n) is 11.6. The van der Waals surface area contributed by atoms with Crippen molar-refractivity contribution in [2.75, 3.05) is 43.1 Å². The van der Waals surface area contributed by atoms with Gasteiger partial charge in [0.1, 0.15) is 23.9 Å². The molecule has 0 radical (unpaired) electrons. The van der Waals surface area contributed by atoms with Crippen LogP contribution in [0, 0.1) is 5.41 Å². The first kappa shape index (κ1) is 30.9. The van der Waals surface area contributed by atoms with Gasteiger partial charge in [0.15, 0.2) is 0 Å². The third kappa shape index (κ3) is 6.36. The predicted molar refractivity (Wildman–Crippen MR) is 171 cm³/mol. The second kappa shape index (κ2) is 13.0. The van der Waals surface area contributed by atoms with Crippen molar-refractivity contribution in [3.05, 3.63) is 95.2 Å². The molecule has 3 heterocycles. The number of aromatic nitrogens is 2. The SMILES string of the molecule is CCN1C(=O)C(C)(C)C(=O)N(C)c2cc(OCC(O)CN(CCn3ccc4ccccc4c3=O)Cc3ccncc3)ccc21. The Bertz CT molecular complexity index is 1700. The first-order valence-corrected chi connectivity index (χ1v) is 14.8. The normalized spacial score (nSPS) is 15.4. The van der Waals surface area contributed by atoms with E-state index in [1.165, 1.54) is 4.90 Å². The molecule has 1 N–H and O–H groups in total. The minimum absolute atomic E-state index is 0.0150. The molecule has 4 aromatic rings. The van der Waals surface area contributed by atoms with Crippen LogP contribution in [0.25, 0.3) is 10.8 Å². The van der Waals surface area contributed by atoms with Crippen molar-refractivity contribution >= 4 is 34.0 Å². The first-order valence-electron chi connectivity index (χ1n) is 14.8. The van der Waals surface area contributed by atoms with Gasteiger partial charge in [-0.25, -0.2) is 0 Å². The molecule has 1 aliphatic rings. The Morgan fingerprint density at radius 3 is 2.48 bits per heavy atom. The van der Waals surface area contributed by atoms with E-state index < -0.39 is 11.5 Å². The van der Waals surface area contributed by atoms with Gasteiger partial charge in [0, 0.05) is 69.8 Å². The summed E-state index contributed by atoms with van der Waals surface area (Å²) in [5.41, 5.74) is 1.00. The Hall–Kier alpha value is -4.54. The topological polar surface area (TPSA) is 108 Å². The van der Waals surface area contributed by atoms with Crippen molar-refractivity contribution in [2.24, 2.45) is 5.41 Å². The molecule has 0 aliphatic carbocycles. The molecule has 2 aromatic carbocycles. The van der Waals surface area contributed by atoms with Crippen LogP contribution in [0.1, 0.15) is 26.3 Å². The van der Waals surface area contributed by atoms with E-state index >= 15 is 0 Å². The van der Waals surface area contributed by atoms with Crippen molar-refractivity contribution in [1.29, 1.82) is 0 Å². The number of hydrogen-bond donors (Lipinski definition) is 1. The maximum absolute atomic E-state index is 13.2. The highest BCUT2D eigenvalue weighted by molar-refractivity contribution is 6.20. The number of carbonyl (C=O) groups is 2. The van der Waals surface area contributed by atoms with E-state index in [1.807, 2.05) is 55.6 Å². The second-order valence-corrected chi connectivity index (χ2v) is 11.6. The maximum Gasteiger partial charge on any atom is 0.258 e. The standard InChI is InChI=1S/C34H39N5O5/c1-5-39-29-11-10-27(20-30(29)36(4)32(42)34(2,3)33(39)43)44-23-26(40)22-37(21-24-12-15-35-16-13-24)18-19-38-17-14-25-8-6-7-9-28(25)31(38)41/h6-17,20,26,40H,5,18-19,21-23H2,1-4H3. The van der Waals surface area contributed by atoms with Crippen LogP contribution in [0.4, 0.5) is 11.4 Å². The Kier molecular flexibility index (Phi) is 9.12. The van der Waals surface area contributed by atoms with Gasteiger partial charge in [-0.15, -0.1) is 0 Å². The number of rotatable bonds is 11. The van der Waals surface area contributed by atoms with Gasteiger partial charge in [0.2, 0.25) is 11.8 Å². The highest BCUT2D eigenvalue weighted by Gasteiger charge is 2.45. The van der Waals surface area contributed by atoms with Crippen molar-refractivity contribution in [3.8, 4) is 5.75 Å². The van der Waals surface area contributed by atoms with Crippen LogP contribution in [-0.4, -0.2) is 70.8 Å². The van der Waals surface area contributed by atoms with Crippen molar-refractivity contribution in [1.82, 2.24) is 14.5 Å². The lowest BCUT2D eigenvalue weighted by molar-refractivity contribution is -0.137. The number of pyridine rings is 2. The number of carbonyl (C=O) groups excluding carboxylic acids is 2. The molecule has 5 rings (SSSR count). The first-order chi connectivity index (χ1) is 21.1. The fraction of sp³-hybridized carbons (Fsp3) is 0.353. The molecule has 1 aliphatic heterocycles. The van der Waals surface area contributed by atoms with E-state index in [9.17, 15) is 19.5 Å². The summed E-state index contributed by atoms with van der Waals surface area (Å²) in [6.07, 6.45) is 4.43. The lowest BCUT2D eigenvalue weighted by atomic mass is 9.90. The van der Waals surface area contributed by atoms with Crippen LogP contribution in [0.5, 0.6) is 5.75 Å². The molecule has 1 unspecified atom stereocenters. The highest BCUT2D eigenvalue weighted by Crippen LogP contribution is 2.40. The van der Waals surface area contributed by atoms with Gasteiger partial charge in [-0.3, -0.25) is 24.3 Å². The van der Waals surface area contributed by atoms with E-state index in [4.69, 9.17) is 4.74 Å². The Balaban J connectivity index is 1.29. The van der Waals surface area contributed by atoms with Gasteiger partial charge in [-0.05, 0) is 68.1 Å². The number of ether oxygens (including phenoxy) is 1. The number of benzene rings is 2. The lowest BCUT2D eigenvalue weighted by Crippen LogP contribution is -2.47. The number of nitrogens with zero attached hydrogens (tertiary/aromatic N) is 5. The molecule has 1 atom stereocenters. The van der Waals surface area contributed by atoms with E-state index in [0.717, 1.165) is 10.9 Å². The molecular weight excluding hydrogens is 558 g/mol. The Morgan fingerprint density at radius 1 is 0.977 bits per heavy atom. The van der Waals surface area contributed by atoms with Crippen LogP contribution in [-0.2, 0) is 22.7 Å². The fourth-order valence-corrected chi connectivity index (χ4v) is 5.65. The van der Waals surface area contributed by atoms with Gasteiger partial charge in [0.05, 0.1) is 11.4 Å². The molecule has 0 bridgehead atoms. The molecule has 2 amide bonds.